The van der Waals surface area contributed by atoms with E-state index in [9.17, 15) is 0 Å². The molecule has 0 amide bonds. The SMILES string of the molecule is CCCCC.CCCCCCCCCC.CCCCCCCCCC.CCCCCCCCCC.CCCCCCCCCC.CCCCCCCCCC.CCCCCCCCCC. The van der Waals surface area contributed by atoms with Gasteiger partial charge in [0.15, 0.2) is 0 Å². The van der Waals surface area contributed by atoms with Crippen LogP contribution in [-0.4, -0.2) is 0 Å². The fraction of sp³-hybridized carbons (Fsp3) is 1.00. The zero-order valence-electron chi connectivity index (χ0n) is 50.1. The van der Waals surface area contributed by atoms with E-state index in [1.54, 1.807) is 0 Å². The van der Waals surface area contributed by atoms with Crippen molar-refractivity contribution in [1.29, 1.82) is 0 Å². The lowest BCUT2D eigenvalue weighted by atomic mass is 10.1. The third-order valence-electron chi connectivity index (χ3n) is 12.4. The Morgan fingerprint density at radius 2 is 0.138 bits per heavy atom. The summed E-state index contributed by atoms with van der Waals surface area (Å²) in [5, 5.41) is 0. The highest BCUT2D eigenvalue weighted by Gasteiger charge is 1.92. The molecule has 0 aromatic carbocycles. The second-order valence-corrected chi connectivity index (χ2v) is 20.1. The molecule has 0 saturated carbocycles. The molecule has 65 heavy (non-hydrogen) atoms. The lowest BCUT2D eigenvalue weighted by molar-refractivity contribution is 0.585. The van der Waals surface area contributed by atoms with Crippen LogP contribution in [0.2, 0.25) is 0 Å². The third-order valence-corrected chi connectivity index (χ3v) is 12.4. The second-order valence-electron chi connectivity index (χ2n) is 20.1. The van der Waals surface area contributed by atoms with Crippen molar-refractivity contribution in [3.63, 3.8) is 0 Å². The topological polar surface area (TPSA) is 0 Å². The quantitative estimate of drug-likeness (QED) is 0.0534. The molecule has 0 atom stereocenters. The Bertz CT molecular complexity index is 405. The van der Waals surface area contributed by atoms with E-state index in [0.717, 1.165) is 0 Å². The number of rotatable bonds is 44. The van der Waals surface area contributed by atoms with E-state index in [1.165, 1.54) is 327 Å². The number of hydrogen-bond acceptors (Lipinski definition) is 0. The van der Waals surface area contributed by atoms with E-state index in [1.807, 2.05) is 0 Å². The summed E-state index contributed by atoms with van der Waals surface area (Å²) >= 11 is 0. The molecular formula is C65H144. The van der Waals surface area contributed by atoms with Crippen LogP contribution in [0.1, 0.15) is 424 Å². The van der Waals surface area contributed by atoms with E-state index in [4.69, 9.17) is 0 Å². The highest BCUT2D eigenvalue weighted by atomic mass is 14.0. The number of hydrogen-bond donors (Lipinski definition) is 0. The van der Waals surface area contributed by atoms with Crippen molar-refractivity contribution in [2.45, 2.75) is 424 Å². The first-order valence-electron chi connectivity index (χ1n) is 31.9. The molecule has 0 N–H and O–H groups in total. The van der Waals surface area contributed by atoms with Crippen LogP contribution < -0.4 is 0 Å². The molecule has 0 aliphatic rings. The summed E-state index contributed by atoms with van der Waals surface area (Å²) in [7, 11) is 0. The van der Waals surface area contributed by atoms with Crippen LogP contribution in [0.25, 0.3) is 0 Å². The minimum atomic E-state index is 1.34. The van der Waals surface area contributed by atoms with Gasteiger partial charge in [0.1, 0.15) is 0 Å². The molecule has 0 unspecified atom stereocenters. The van der Waals surface area contributed by atoms with Crippen molar-refractivity contribution in [2.24, 2.45) is 0 Å². The zero-order chi connectivity index (χ0) is 50.1. The van der Waals surface area contributed by atoms with E-state index < -0.39 is 0 Å². The zero-order valence-corrected chi connectivity index (χ0v) is 50.1. The molecular weight excluding hydrogens is 781 g/mol. The van der Waals surface area contributed by atoms with E-state index >= 15 is 0 Å². The summed E-state index contributed by atoms with van der Waals surface area (Å²) in [6, 6.07) is 0. The fourth-order valence-corrected chi connectivity index (χ4v) is 7.60. The standard InChI is InChI=1S/6C10H22.C5H12/c6*1-3-5-7-9-10-8-6-4-2;1-3-5-4-2/h6*3-10H2,1-2H3;3-5H2,1-2H3. The maximum absolute atomic E-state index is 2.27. The van der Waals surface area contributed by atoms with E-state index in [2.05, 4.69) is 96.9 Å². The Balaban J connectivity index is -0.000000122. The Hall–Kier alpha value is 0. The highest BCUT2D eigenvalue weighted by Crippen LogP contribution is 2.11. The van der Waals surface area contributed by atoms with Crippen LogP contribution in [0.15, 0.2) is 0 Å². The lowest BCUT2D eigenvalue weighted by Crippen LogP contribution is -1.77. The summed E-state index contributed by atoms with van der Waals surface area (Å²) in [4.78, 5) is 0. The largest absolute Gasteiger partial charge is 0.0654 e. The molecule has 0 aliphatic carbocycles. The average molecular weight is 926 g/mol. The first kappa shape index (κ1) is 79.1. The third kappa shape index (κ3) is 127. The summed E-state index contributed by atoms with van der Waals surface area (Å²) in [6.07, 6.45) is 72.8. The summed E-state index contributed by atoms with van der Waals surface area (Å²) in [5.41, 5.74) is 0. The van der Waals surface area contributed by atoms with Gasteiger partial charge in [0.05, 0.1) is 0 Å². The molecule has 0 aromatic heterocycles. The molecule has 404 valence electrons. The molecule has 0 aliphatic heterocycles. The Morgan fingerprint density at radius 3 is 0.185 bits per heavy atom. The molecule has 0 saturated heterocycles. The molecule has 0 heterocycles. The van der Waals surface area contributed by atoms with Gasteiger partial charge in [-0.3, -0.25) is 0 Å². The van der Waals surface area contributed by atoms with Gasteiger partial charge in [-0.2, -0.15) is 0 Å². The Kier molecular flexibility index (Phi) is 119. The normalized spacial score (nSPS) is 10.1. The van der Waals surface area contributed by atoms with Crippen LogP contribution in [0, 0.1) is 0 Å². The van der Waals surface area contributed by atoms with Crippen LogP contribution in [0.4, 0.5) is 0 Å². The van der Waals surface area contributed by atoms with Crippen LogP contribution in [0.5, 0.6) is 0 Å². The summed E-state index contributed by atoms with van der Waals surface area (Å²) < 4.78 is 0. The molecule has 0 radical (unpaired) electrons. The Labute approximate surface area is 422 Å². The van der Waals surface area contributed by atoms with Crippen LogP contribution in [-0.2, 0) is 0 Å². The minimum Gasteiger partial charge on any atom is -0.0654 e. The van der Waals surface area contributed by atoms with Crippen molar-refractivity contribution in [3.8, 4) is 0 Å². The Morgan fingerprint density at radius 1 is 0.0769 bits per heavy atom. The van der Waals surface area contributed by atoms with Gasteiger partial charge in [0, 0.05) is 0 Å². The van der Waals surface area contributed by atoms with E-state index in [0.29, 0.717) is 0 Å². The number of unbranched alkanes of at least 4 members (excludes halogenated alkanes) is 44. The molecule has 0 nitrogen and oxygen atoms in total. The van der Waals surface area contributed by atoms with Crippen molar-refractivity contribution in [1.82, 2.24) is 0 Å². The van der Waals surface area contributed by atoms with Gasteiger partial charge < -0.3 is 0 Å². The predicted octanol–water partition coefficient (Wildman–Crippen LogP) is 27.1. The van der Waals surface area contributed by atoms with Gasteiger partial charge in [-0.25, -0.2) is 0 Å². The molecule has 0 rings (SSSR count). The first-order valence-corrected chi connectivity index (χ1v) is 31.9. The molecule has 0 fully saturated rings. The van der Waals surface area contributed by atoms with Gasteiger partial charge in [0.25, 0.3) is 0 Å². The molecule has 0 aromatic rings. The van der Waals surface area contributed by atoms with Gasteiger partial charge in [0.2, 0.25) is 0 Å². The second kappa shape index (κ2) is 97.7. The van der Waals surface area contributed by atoms with Crippen molar-refractivity contribution < 1.29 is 0 Å². The van der Waals surface area contributed by atoms with Crippen LogP contribution in [0.3, 0.4) is 0 Å². The summed E-state index contributed by atoms with van der Waals surface area (Å²) in [5.74, 6) is 0. The van der Waals surface area contributed by atoms with Gasteiger partial charge in [-0.15, -0.1) is 0 Å². The predicted molar refractivity (Wildman–Crippen MR) is 315 cm³/mol. The minimum absolute atomic E-state index is 1.34. The summed E-state index contributed by atoms with van der Waals surface area (Å²) in [6.45, 7) is 31.7. The average Bonchev–Trinajstić information content (AvgIpc) is 3.32. The maximum Gasteiger partial charge on any atom is -0.0533 e. The highest BCUT2D eigenvalue weighted by molar-refractivity contribution is 4.47. The van der Waals surface area contributed by atoms with Crippen molar-refractivity contribution >= 4 is 0 Å². The van der Waals surface area contributed by atoms with Gasteiger partial charge in [-0.05, 0) is 0 Å². The van der Waals surface area contributed by atoms with Gasteiger partial charge >= 0.3 is 0 Å². The fourth-order valence-electron chi connectivity index (χ4n) is 7.60. The lowest BCUT2D eigenvalue weighted by Gasteiger charge is -1.97. The maximum atomic E-state index is 2.27. The van der Waals surface area contributed by atoms with Crippen molar-refractivity contribution in [3.05, 3.63) is 0 Å². The molecule has 0 bridgehead atoms. The monoisotopic (exact) mass is 925 g/mol. The first-order chi connectivity index (χ1) is 31.9. The van der Waals surface area contributed by atoms with E-state index in [-0.39, 0.29) is 0 Å². The molecule has 0 spiro atoms. The smallest absolute Gasteiger partial charge is 0.0533 e. The van der Waals surface area contributed by atoms with Crippen LogP contribution >= 0.6 is 0 Å². The molecule has 0 heteroatoms. The van der Waals surface area contributed by atoms with Crippen molar-refractivity contribution in [2.75, 3.05) is 0 Å². The van der Waals surface area contributed by atoms with Gasteiger partial charge in [-0.1, -0.05) is 424 Å².